The van der Waals surface area contributed by atoms with Crippen LogP contribution in [0.1, 0.15) is 0 Å². The molecule has 1 N–H and O–H groups in total. The monoisotopic (exact) mass is 315 g/mol. The number of ether oxygens (including phenoxy) is 2. The van der Waals surface area contributed by atoms with Crippen molar-refractivity contribution in [3.8, 4) is 11.5 Å². The lowest BCUT2D eigenvalue weighted by molar-refractivity contribution is -0.118. The average Bonchev–Trinajstić information content (AvgIpc) is 3.03. The van der Waals surface area contributed by atoms with E-state index in [0.29, 0.717) is 22.7 Å². The molecule has 7 heteroatoms. The lowest BCUT2D eigenvalue weighted by Gasteiger charge is -2.10. The van der Waals surface area contributed by atoms with Gasteiger partial charge >= 0.3 is 0 Å². The van der Waals surface area contributed by atoms with Crippen molar-refractivity contribution in [3.63, 3.8) is 0 Å². The van der Waals surface area contributed by atoms with Gasteiger partial charge in [0.2, 0.25) is 0 Å². The Kier molecular flexibility index (Phi) is 4.15. The molecule has 1 aromatic heterocycles. The zero-order valence-corrected chi connectivity index (χ0v) is 12.6. The summed E-state index contributed by atoms with van der Waals surface area (Å²) >= 11 is 1.11. The van der Waals surface area contributed by atoms with Crippen LogP contribution in [0.3, 0.4) is 0 Å². The second-order valence-corrected chi connectivity index (χ2v) is 4.95. The van der Waals surface area contributed by atoms with Crippen LogP contribution in [-0.2, 0) is 4.79 Å². The number of hydrogen-bond acceptors (Lipinski definition) is 6. The number of nitrogens with one attached hydrogen (secondary N) is 1. The van der Waals surface area contributed by atoms with Crippen LogP contribution in [0.5, 0.6) is 11.5 Å². The Morgan fingerprint density at radius 2 is 1.95 bits per heavy atom. The van der Waals surface area contributed by atoms with Gasteiger partial charge in [-0.3, -0.25) is 4.79 Å². The van der Waals surface area contributed by atoms with Gasteiger partial charge in [-0.2, -0.15) is 8.75 Å². The summed E-state index contributed by atoms with van der Waals surface area (Å²) in [6, 6.07) is 12.6. The number of methoxy groups -OCH3 is 1. The van der Waals surface area contributed by atoms with Gasteiger partial charge in [-0.05, 0) is 24.3 Å². The number of fused-ring (bicyclic) bond motifs is 1. The highest BCUT2D eigenvalue weighted by Gasteiger charge is 2.10. The van der Waals surface area contributed by atoms with Crippen molar-refractivity contribution in [3.05, 3.63) is 42.5 Å². The second-order valence-electron chi connectivity index (χ2n) is 4.43. The molecule has 0 atom stereocenters. The summed E-state index contributed by atoms with van der Waals surface area (Å²) in [6.07, 6.45) is 0. The predicted molar refractivity (Wildman–Crippen MR) is 84.5 cm³/mol. The molecule has 0 saturated carbocycles. The minimum atomic E-state index is -0.272. The molecule has 0 fully saturated rings. The van der Waals surface area contributed by atoms with Gasteiger partial charge in [-0.15, -0.1) is 0 Å². The maximum Gasteiger partial charge on any atom is 0.262 e. The molecule has 1 amide bonds. The quantitative estimate of drug-likeness (QED) is 0.783. The fourth-order valence-electron chi connectivity index (χ4n) is 1.97. The summed E-state index contributed by atoms with van der Waals surface area (Å²) in [5.41, 5.74) is 2.06. The van der Waals surface area contributed by atoms with E-state index in [1.807, 2.05) is 24.3 Å². The van der Waals surface area contributed by atoms with Crippen molar-refractivity contribution >= 4 is 34.4 Å². The van der Waals surface area contributed by atoms with Crippen molar-refractivity contribution in [1.29, 1.82) is 0 Å². The molecule has 6 nitrogen and oxygen atoms in total. The highest BCUT2D eigenvalue weighted by molar-refractivity contribution is 7.00. The summed E-state index contributed by atoms with van der Waals surface area (Å²) < 4.78 is 19.0. The Labute approximate surface area is 131 Å². The molecular weight excluding hydrogens is 302 g/mol. The number of anilines is 1. The van der Waals surface area contributed by atoms with Gasteiger partial charge in [0.05, 0.1) is 24.5 Å². The van der Waals surface area contributed by atoms with Crippen LogP contribution in [0.15, 0.2) is 42.5 Å². The van der Waals surface area contributed by atoms with E-state index in [1.54, 1.807) is 25.3 Å². The van der Waals surface area contributed by atoms with Crippen LogP contribution in [0.4, 0.5) is 5.69 Å². The fourth-order valence-corrected chi connectivity index (χ4v) is 2.52. The molecule has 0 spiro atoms. The predicted octanol–water partition coefficient (Wildman–Crippen LogP) is 2.72. The Morgan fingerprint density at radius 1 is 1.14 bits per heavy atom. The first kappa shape index (κ1) is 14.3. The van der Waals surface area contributed by atoms with E-state index in [0.717, 1.165) is 17.2 Å². The van der Waals surface area contributed by atoms with Crippen molar-refractivity contribution in [2.45, 2.75) is 0 Å². The van der Waals surface area contributed by atoms with Gasteiger partial charge in [-0.25, -0.2) is 0 Å². The summed E-state index contributed by atoms with van der Waals surface area (Å²) in [6.45, 7) is -0.117. The Morgan fingerprint density at radius 3 is 2.77 bits per heavy atom. The van der Waals surface area contributed by atoms with Gasteiger partial charge in [-0.1, -0.05) is 18.2 Å². The van der Waals surface area contributed by atoms with Crippen LogP contribution in [0.25, 0.3) is 11.0 Å². The van der Waals surface area contributed by atoms with Crippen LogP contribution >= 0.6 is 11.7 Å². The van der Waals surface area contributed by atoms with Crippen molar-refractivity contribution in [1.82, 2.24) is 8.75 Å². The van der Waals surface area contributed by atoms with E-state index in [4.69, 9.17) is 9.47 Å². The second kappa shape index (κ2) is 6.40. The first-order valence-electron chi connectivity index (χ1n) is 6.55. The van der Waals surface area contributed by atoms with Crippen LogP contribution in [0.2, 0.25) is 0 Å². The fraction of sp³-hybridized carbons (Fsp3) is 0.133. The number of benzene rings is 2. The lowest BCUT2D eigenvalue weighted by Crippen LogP contribution is -2.20. The lowest BCUT2D eigenvalue weighted by atomic mass is 10.2. The molecule has 0 aliphatic rings. The van der Waals surface area contributed by atoms with Crippen molar-refractivity contribution < 1.29 is 14.3 Å². The standard InChI is InChI=1S/C15H13N3O3S/c1-20-12-7-2-3-8-13(12)21-9-14(19)16-10-5-4-6-11-15(10)18-22-17-11/h2-8H,9H2,1H3,(H,16,19). The molecular formula is C15H13N3O3S. The number of aromatic nitrogens is 2. The first-order valence-corrected chi connectivity index (χ1v) is 7.28. The third-order valence-corrected chi connectivity index (χ3v) is 3.53. The molecule has 3 aromatic rings. The average molecular weight is 315 g/mol. The number of rotatable bonds is 5. The maximum absolute atomic E-state index is 12.0. The third kappa shape index (κ3) is 2.99. The Bertz CT molecular complexity index is 803. The highest BCUT2D eigenvalue weighted by atomic mass is 32.1. The summed E-state index contributed by atoms with van der Waals surface area (Å²) in [5.74, 6) is 0.834. The molecule has 0 saturated heterocycles. The van der Waals surface area contributed by atoms with Crippen molar-refractivity contribution in [2.75, 3.05) is 19.0 Å². The number of hydrogen-bond donors (Lipinski definition) is 1. The molecule has 112 valence electrons. The van der Waals surface area contributed by atoms with Gasteiger partial charge in [0, 0.05) is 0 Å². The van der Waals surface area contributed by atoms with E-state index in [1.165, 1.54) is 0 Å². The van der Waals surface area contributed by atoms with E-state index in [-0.39, 0.29) is 12.5 Å². The summed E-state index contributed by atoms with van der Waals surface area (Å²) in [7, 11) is 1.55. The molecule has 3 rings (SSSR count). The van der Waals surface area contributed by atoms with Crippen LogP contribution < -0.4 is 14.8 Å². The van der Waals surface area contributed by atoms with E-state index in [9.17, 15) is 4.79 Å². The first-order chi connectivity index (χ1) is 10.8. The zero-order chi connectivity index (χ0) is 15.4. The molecule has 0 unspecified atom stereocenters. The maximum atomic E-state index is 12.0. The highest BCUT2D eigenvalue weighted by Crippen LogP contribution is 2.26. The zero-order valence-electron chi connectivity index (χ0n) is 11.8. The van der Waals surface area contributed by atoms with Gasteiger partial charge in [0.25, 0.3) is 5.91 Å². The van der Waals surface area contributed by atoms with E-state index in [2.05, 4.69) is 14.1 Å². The topological polar surface area (TPSA) is 73.3 Å². The third-order valence-electron chi connectivity index (χ3n) is 2.99. The van der Waals surface area contributed by atoms with Gasteiger partial charge < -0.3 is 14.8 Å². The van der Waals surface area contributed by atoms with Gasteiger partial charge in [0.15, 0.2) is 18.1 Å². The molecule has 0 aliphatic heterocycles. The summed E-state index contributed by atoms with van der Waals surface area (Å²) in [4.78, 5) is 12.0. The number of carbonyl (C=O) groups excluding carboxylic acids is 1. The number of para-hydroxylation sites is 2. The van der Waals surface area contributed by atoms with Crippen LogP contribution in [-0.4, -0.2) is 28.4 Å². The smallest absolute Gasteiger partial charge is 0.262 e. The number of carbonyl (C=O) groups is 1. The van der Waals surface area contributed by atoms with E-state index < -0.39 is 0 Å². The van der Waals surface area contributed by atoms with Crippen LogP contribution in [0, 0.1) is 0 Å². The molecule has 2 aromatic carbocycles. The largest absolute Gasteiger partial charge is 0.493 e. The molecule has 0 aliphatic carbocycles. The van der Waals surface area contributed by atoms with E-state index >= 15 is 0 Å². The van der Waals surface area contributed by atoms with Gasteiger partial charge in [0.1, 0.15) is 11.0 Å². The SMILES string of the molecule is COc1ccccc1OCC(=O)Nc1cccc2nsnc12. The normalized spacial score (nSPS) is 10.4. The minimum Gasteiger partial charge on any atom is -0.493 e. The minimum absolute atomic E-state index is 0.117. The molecule has 1 heterocycles. The molecule has 0 bridgehead atoms. The Balaban J connectivity index is 1.67. The Hall–Kier alpha value is -2.67. The molecule has 0 radical (unpaired) electrons. The number of amides is 1. The summed E-state index contributed by atoms with van der Waals surface area (Å²) in [5, 5.41) is 2.78. The number of nitrogens with zero attached hydrogens (tertiary/aromatic N) is 2. The molecule has 22 heavy (non-hydrogen) atoms. The van der Waals surface area contributed by atoms with Crippen molar-refractivity contribution in [2.24, 2.45) is 0 Å².